The van der Waals surface area contributed by atoms with E-state index in [1.54, 1.807) is 11.8 Å². The number of para-hydroxylation sites is 1. The Kier molecular flexibility index (Phi) is 6.26. The summed E-state index contributed by atoms with van der Waals surface area (Å²) in [5.41, 5.74) is 1.01. The highest BCUT2D eigenvalue weighted by atomic mass is 16.5. The van der Waals surface area contributed by atoms with Crippen molar-refractivity contribution < 1.29 is 19.1 Å². The van der Waals surface area contributed by atoms with Gasteiger partial charge in [-0.3, -0.25) is 4.79 Å². The molecule has 1 aliphatic rings. The Morgan fingerprint density at radius 3 is 2.61 bits per heavy atom. The highest BCUT2D eigenvalue weighted by molar-refractivity contribution is 5.78. The van der Waals surface area contributed by atoms with Gasteiger partial charge in [-0.05, 0) is 38.3 Å². The molecule has 23 heavy (non-hydrogen) atoms. The van der Waals surface area contributed by atoms with Gasteiger partial charge in [-0.1, -0.05) is 18.2 Å². The van der Waals surface area contributed by atoms with Crippen LogP contribution in [0, 0.1) is 6.92 Å². The van der Waals surface area contributed by atoms with Crippen LogP contribution in [0.1, 0.15) is 25.3 Å². The zero-order chi connectivity index (χ0) is 16.7. The van der Waals surface area contributed by atoms with Gasteiger partial charge in [-0.25, -0.2) is 4.79 Å². The van der Waals surface area contributed by atoms with Gasteiger partial charge in [-0.2, -0.15) is 0 Å². The summed E-state index contributed by atoms with van der Waals surface area (Å²) in [5, 5.41) is 2.81. The minimum absolute atomic E-state index is 0.0252. The largest absolute Gasteiger partial charge is 0.484 e. The van der Waals surface area contributed by atoms with Gasteiger partial charge >= 0.3 is 6.09 Å². The first kappa shape index (κ1) is 17.1. The first-order valence-corrected chi connectivity index (χ1v) is 7.99. The van der Waals surface area contributed by atoms with Crippen molar-refractivity contribution in [2.24, 2.45) is 0 Å². The number of carbonyl (C=O) groups is 2. The SMILES string of the molecule is CCOC(=O)NC1CCN(C(=O)COc2ccccc2C)CC1. The van der Waals surface area contributed by atoms with Crippen molar-refractivity contribution in [1.82, 2.24) is 10.2 Å². The van der Waals surface area contributed by atoms with Crippen LogP contribution in [0.2, 0.25) is 0 Å². The van der Waals surface area contributed by atoms with Crippen LogP contribution in [0.4, 0.5) is 4.79 Å². The van der Waals surface area contributed by atoms with Crippen LogP contribution in [-0.2, 0) is 9.53 Å². The molecule has 0 spiro atoms. The van der Waals surface area contributed by atoms with Crippen molar-refractivity contribution in [3.63, 3.8) is 0 Å². The van der Waals surface area contributed by atoms with Crippen LogP contribution < -0.4 is 10.1 Å². The summed E-state index contributed by atoms with van der Waals surface area (Å²) < 4.78 is 10.5. The van der Waals surface area contributed by atoms with Crippen molar-refractivity contribution in [2.75, 3.05) is 26.3 Å². The molecule has 6 heteroatoms. The van der Waals surface area contributed by atoms with Gasteiger partial charge in [0.15, 0.2) is 6.61 Å². The highest BCUT2D eigenvalue weighted by Crippen LogP contribution is 2.17. The lowest BCUT2D eigenvalue weighted by molar-refractivity contribution is -0.134. The molecule has 0 atom stereocenters. The number of amides is 2. The number of ether oxygens (including phenoxy) is 2. The fourth-order valence-corrected chi connectivity index (χ4v) is 2.56. The van der Waals surface area contributed by atoms with E-state index in [1.165, 1.54) is 0 Å². The van der Waals surface area contributed by atoms with E-state index in [1.807, 2.05) is 31.2 Å². The van der Waals surface area contributed by atoms with Crippen molar-refractivity contribution in [1.29, 1.82) is 0 Å². The van der Waals surface area contributed by atoms with Gasteiger partial charge in [0.05, 0.1) is 6.61 Å². The third-order valence-electron chi connectivity index (χ3n) is 3.89. The molecule has 1 N–H and O–H groups in total. The molecular weight excluding hydrogens is 296 g/mol. The quantitative estimate of drug-likeness (QED) is 0.902. The van der Waals surface area contributed by atoms with E-state index in [0.717, 1.165) is 24.2 Å². The summed E-state index contributed by atoms with van der Waals surface area (Å²) >= 11 is 0. The Morgan fingerprint density at radius 2 is 1.96 bits per heavy atom. The first-order valence-electron chi connectivity index (χ1n) is 7.99. The maximum atomic E-state index is 12.2. The van der Waals surface area contributed by atoms with E-state index in [0.29, 0.717) is 19.7 Å². The molecule has 0 aromatic heterocycles. The van der Waals surface area contributed by atoms with Gasteiger partial charge in [0, 0.05) is 19.1 Å². The average Bonchev–Trinajstić information content (AvgIpc) is 2.55. The van der Waals surface area contributed by atoms with Crippen LogP contribution >= 0.6 is 0 Å². The second-order valence-electron chi connectivity index (χ2n) is 5.57. The number of hydrogen-bond acceptors (Lipinski definition) is 4. The zero-order valence-electron chi connectivity index (χ0n) is 13.7. The number of rotatable bonds is 5. The van der Waals surface area contributed by atoms with Gasteiger partial charge in [0.1, 0.15) is 5.75 Å². The van der Waals surface area contributed by atoms with E-state index < -0.39 is 0 Å². The number of aryl methyl sites for hydroxylation is 1. The molecule has 1 aromatic carbocycles. The fraction of sp³-hybridized carbons (Fsp3) is 0.529. The van der Waals surface area contributed by atoms with Crippen molar-refractivity contribution in [3.8, 4) is 5.75 Å². The second kappa shape index (κ2) is 8.41. The molecule has 2 amide bonds. The number of nitrogens with zero attached hydrogens (tertiary/aromatic N) is 1. The Morgan fingerprint density at radius 1 is 1.26 bits per heavy atom. The lowest BCUT2D eigenvalue weighted by atomic mass is 10.1. The number of nitrogens with one attached hydrogen (secondary N) is 1. The lowest BCUT2D eigenvalue weighted by Gasteiger charge is -2.32. The van der Waals surface area contributed by atoms with Gasteiger partial charge in [0.2, 0.25) is 0 Å². The highest BCUT2D eigenvalue weighted by Gasteiger charge is 2.24. The van der Waals surface area contributed by atoms with Crippen LogP contribution in [0.5, 0.6) is 5.75 Å². The summed E-state index contributed by atoms with van der Waals surface area (Å²) in [5.74, 6) is 0.711. The van der Waals surface area contributed by atoms with Crippen molar-refractivity contribution in [2.45, 2.75) is 32.7 Å². The molecule has 6 nitrogen and oxygen atoms in total. The summed E-state index contributed by atoms with van der Waals surface area (Å²) in [6, 6.07) is 7.70. The third-order valence-corrected chi connectivity index (χ3v) is 3.89. The molecule has 0 bridgehead atoms. The number of hydrogen-bond donors (Lipinski definition) is 1. The first-order chi connectivity index (χ1) is 11.1. The smallest absolute Gasteiger partial charge is 0.407 e. The summed E-state index contributed by atoms with van der Waals surface area (Å²) in [6.07, 6.45) is 1.07. The van der Waals surface area contributed by atoms with E-state index in [2.05, 4.69) is 5.32 Å². The molecular formula is C17H24N2O4. The molecule has 2 rings (SSSR count). The molecule has 0 unspecified atom stereocenters. The number of benzene rings is 1. The monoisotopic (exact) mass is 320 g/mol. The van der Waals surface area contributed by atoms with E-state index in [4.69, 9.17) is 9.47 Å². The fourth-order valence-electron chi connectivity index (χ4n) is 2.56. The topological polar surface area (TPSA) is 67.9 Å². The summed E-state index contributed by atoms with van der Waals surface area (Å²) in [7, 11) is 0. The predicted molar refractivity (Wildman–Crippen MR) is 86.4 cm³/mol. The maximum Gasteiger partial charge on any atom is 0.407 e. The molecule has 0 saturated carbocycles. The average molecular weight is 320 g/mol. The minimum atomic E-state index is -0.389. The summed E-state index contributed by atoms with van der Waals surface area (Å²) in [4.78, 5) is 25.4. The Labute approximate surface area is 136 Å². The van der Waals surface area contributed by atoms with Gasteiger partial charge in [-0.15, -0.1) is 0 Å². The Bertz CT molecular complexity index is 539. The molecule has 0 radical (unpaired) electrons. The predicted octanol–water partition coefficient (Wildman–Crippen LogP) is 2.11. The Hall–Kier alpha value is -2.24. The standard InChI is InChI=1S/C17H24N2O4/c1-3-22-17(21)18-14-8-10-19(11-9-14)16(20)12-23-15-7-5-4-6-13(15)2/h4-7,14H,3,8-12H2,1-2H3,(H,18,21). The van der Waals surface area contributed by atoms with Crippen LogP contribution in [-0.4, -0.2) is 49.2 Å². The molecule has 1 heterocycles. The van der Waals surface area contributed by atoms with Crippen LogP contribution in [0.15, 0.2) is 24.3 Å². The van der Waals surface area contributed by atoms with E-state index in [-0.39, 0.29) is 24.6 Å². The zero-order valence-corrected chi connectivity index (χ0v) is 13.7. The summed E-state index contributed by atoms with van der Waals surface area (Å²) in [6.45, 7) is 5.36. The van der Waals surface area contributed by atoms with Crippen molar-refractivity contribution >= 4 is 12.0 Å². The van der Waals surface area contributed by atoms with Crippen molar-refractivity contribution in [3.05, 3.63) is 29.8 Å². The lowest BCUT2D eigenvalue weighted by Crippen LogP contribution is -2.47. The third kappa shape index (κ3) is 5.16. The molecule has 1 aliphatic heterocycles. The molecule has 0 aliphatic carbocycles. The van der Waals surface area contributed by atoms with Crippen LogP contribution in [0.3, 0.4) is 0 Å². The van der Waals surface area contributed by atoms with Gasteiger partial charge < -0.3 is 19.7 Å². The van der Waals surface area contributed by atoms with Crippen LogP contribution in [0.25, 0.3) is 0 Å². The van der Waals surface area contributed by atoms with E-state index >= 15 is 0 Å². The number of carbonyl (C=O) groups excluding carboxylic acids is 2. The number of piperidine rings is 1. The number of likely N-dealkylation sites (tertiary alicyclic amines) is 1. The molecule has 1 fully saturated rings. The normalized spacial score (nSPS) is 15.1. The number of alkyl carbamates (subject to hydrolysis) is 1. The minimum Gasteiger partial charge on any atom is -0.484 e. The molecule has 1 saturated heterocycles. The molecule has 1 aromatic rings. The maximum absolute atomic E-state index is 12.2. The van der Waals surface area contributed by atoms with E-state index in [9.17, 15) is 9.59 Å². The Balaban J connectivity index is 1.73. The van der Waals surface area contributed by atoms with Gasteiger partial charge in [0.25, 0.3) is 5.91 Å². The second-order valence-corrected chi connectivity index (χ2v) is 5.57. The molecule has 126 valence electrons.